The van der Waals surface area contributed by atoms with Gasteiger partial charge in [0.1, 0.15) is 11.9 Å². The summed E-state index contributed by atoms with van der Waals surface area (Å²) in [4.78, 5) is 0. The highest BCUT2D eigenvalue weighted by Gasteiger charge is 2.51. The van der Waals surface area contributed by atoms with Crippen molar-refractivity contribution >= 4 is 23.2 Å². The van der Waals surface area contributed by atoms with Crippen molar-refractivity contribution in [3.05, 3.63) is 28.2 Å². The van der Waals surface area contributed by atoms with E-state index < -0.39 is 0 Å². The maximum absolute atomic E-state index is 6.12. The van der Waals surface area contributed by atoms with Crippen molar-refractivity contribution in [3.8, 4) is 5.75 Å². The van der Waals surface area contributed by atoms with Gasteiger partial charge in [-0.2, -0.15) is 0 Å². The van der Waals surface area contributed by atoms with Crippen molar-refractivity contribution in [1.82, 2.24) is 5.32 Å². The smallest absolute Gasteiger partial charge is 0.121 e. The van der Waals surface area contributed by atoms with Gasteiger partial charge in [0, 0.05) is 23.9 Å². The number of hydrogen-bond donors (Lipinski definition) is 1. The van der Waals surface area contributed by atoms with Gasteiger partial charge < -0.3 is 10.1 Å². The summed E-state index contributed by atoms with van der Waals surface area (Å²) in [5.74, 6) is 0.804. The summed E-state index contributed by atoms with van der Waals surface area (Å²) < 4.78 is 6.12. The van der Waals surface area contributed by atoms with Gasteiger partial charge in [0.25, 0.3) is 0 Å². The Bertz CT molecular complexity index is 466. The predicted octanol–water partition coefficient (Wildman–Crippen LogP) is 4.93. The molecule has 0 bridgehead atoms. The minimum atomic E-state index is 0.182. The van der Waals surface area contributed by atoms with Crippen LogP contribution >= 0.6 is 23.2 Å². The normalized spacial score (nSPS) is 29.1. The van der Waals surface area contributed by atoms with Crippen molar-refractivity contribution < 1.29 is 4.74 Å². The Labute approximate surface area is 131 Å². The molecule has 0 saturated heterocycles. The third-order valence-electron chi connectivity index (χ3n) is 4.55. The molecule has 1 aromatic rings. The van der Waals surface area contributed by atoms with Crippen LogP contribution < -0.4 is 10.1 Å². The first kappa shape index (κ1) is 15.9. The molecular formula is C16H23Cl2NO. The van der Waals surface area contributed by atoms with Crippen LogP contribution in [-0.4, -0.2) is 18.7 Å². The summed E-state index contributed by atoms with van der Waals surface area (Å²) in [6, 6.07) is 6.01. The van der Waals surface area contributed by atoms with E-state index in [1.54, 1.807) is 12.1 Å². The maximum Gasteiger partial charge on any atom is 0.121 e. The minimum Gasteiger partial charge on any atom is -0.490 e. The molecule has 1 aliphatic rings. The van der Waals surface area contributed by atoms with Crippen molar-refractivity contribution in [1.29, 1.82) is 0 Å². The molecule has 1 aromatic carbocycles. The predicted molar refractivity (Wildman–Crippen MR) is 86.0 cm³/mol. The lowest BCUT2D eigenvalue weighted by atomic mass is 9.61. The SMILES string of the molecule is CCCNC1CC(Oc2ccc(Cl)c(Cl)c2)C1(C)CC. The second kappa shape index (κ2) is 6.55. The van der Waals surface area contributed by atoms with Crippen molar-refractivity contribution in [2.24, 2.45) is 5.41 Å². The Morgan fingerprint density at radius 3 is 2.65 bits per heavy atom. The quantitative estimate of drug-likeness (QED) is 0.803. The lowest BCUT2D eigenvalue weighted by Crippen LogP contribution is -2.63. The molecule has 3 atom stereocenters. The van der Waals surface area contributed by atoms with E-state index in [1.165, 1.54) is 0 Å². The van der Waals surface area contributed by atoms with Gasteiger partial charge in [-0.15, -0.1) is 0 Å². The van der Waals surface area contributed by atoms with Crippen LogP contribution in [0.25, 0.3) is 0 Å². The van der Waals surface area contributed by atoms with Gasteiger partial charge in [0.15, 0.2) is 0 Å². The second-order valence-corrected chi connectivity index (χ2v) is 6.60. The molecular weight excluding hydrogens is 293 g/mol. The van der Waals surface area contributed by atoms with Gasteiger partial charge in [-0.3, -0.25) is 0 Å². The molecule has 112 valence electrons. The van der Waals surface area contributed by atoms with E-state index in [4.69, 9.17) is 27.9 Å². The summed E-state index contributed by atoms with van der Waals surface area (Å²) >= 11 is 12.0. The molecule has 0 amide bonds. The molecule has 0 heterocycles. The molecule has 3 unspecified atom stereocenters. The van der Waals surface area contributed by atoms with Gasteiger partial charge in [-0.05, 0) is 31.5 Å². The fraction of sp³-hybridized carbons (Fsp3) is 0.625. The van der Waals surface area contributed by atoms with E-state index in [2.05, 4.69) is 26.1 Å². The molecule has 1 aliphatic carbocycles. The minimum absolute atomic E-state index is 0.182. The number of ether oxygens (including phenoxy) is 1. The van der Waals surface area contributed by atoms with Crippen LogP contribution in [0.1, 0.15) is 40.0 Å². The zero-order valence-corrected chi connectivity index (χ0v) is 13.9. The first-order chi connectivity index (χ1) is 9.51. The molecule has 2 rings (SSSR count). The van der Waals surface area contributed by atoms with E-state index in [0.29, 0.717) is 16.1 Å². The molecule has 4 heteroatoms. The summed E-state index contributed by atoms with van der Waals surface area (Å²) in [6.45, 7) is 7.79. The van der Waals surface area contributed by atoms with Gasteiger partial charge >= 0.3 is 0 Å². The van der Waals surface area contributed by atoms with E-state index in [-0.39, 0.29) is 11.5 Å². The fourth-order valence-electron chi connectivity index (χ4n) is 2.82. The zero-order valence-electron chi connectivity index (χ0n) is 12.4. The number of hydrogen-bond acceptors (Lipinski definition) is 2. The molecule has 0 aliphatic heterocycles. The van der Waals surface area contributed by atoms with Crippen LogP contribution in [0.3, 0.4) is 0 Å². The lowest BCUT2D eigenvalue weighted by Gasteiger charge is -2.53. The van der Waals surface area contributed by atoms with Crippen molar-refractivity contribution in [2.45, 2.75) is 52.2 Å². The van der Waals surface area contributed by atoms with Gasteiger partial charge in [0.05, 0.1) is 10.0 Å². The molecule has 20 heavy (non-hydrogen) atoms. The van der Waals surface area contributed by atoms with Crippen LogP contribution in [0.2, 0.25) is 10.0 Å². The highest BCUT2D eigenvalue weighted by Crippen LogP contribution is 2.46. The van der Waals surface area contributed by atoms with E-state index in [0.717, 1.165) is 31.6 Å². The van der Waals surface area contributed by atoms with Crippen LogP contribution in [-0.2, 0) is 0 Å². The number of halogens is 2. The molecule has 0 aromatic heterocycles. The Balaban J connectivity index is 2.01. The van der Waals surface area contributed by atoms with Gasteiger partial charge in [-0.25, -0.2) is 0 Å². The van der Waals surface area contributed by atoms with Crippen molar-refractivity contribution in [2.75, 3.05) is 6.54 Å². The van der Waals surface area contributed by atoms with Gasteiger partial charge in [0.2, 0.25) is 0 Å². The van der Waals surface area contributed by atoms with Crippen LogP contribution in [0.15, 0.2) is 18.2 Å². The van der Waals surface area contributed by atoms with E-state index >= 15 is 0 Å². The number of benzene rings is 1. The Morgan fingerprint density at radius 2 is 2.05 bits per heavy atom. The molecule has 1 saturated carbocycles. The standard InChI is InChI=1S/C16H23Cl2NO/c1-4-8-19-14-10-15(16(14,3)5-2)20-11-6-7-12(17)13(18)9-11/h6-7,9,14-15,19H,4-5,8,10H2,1-3H3. The summed E-state index contributed by atoms with van der Waals surface area (Å²) in [6.07, 6.45) is 3.54. The summed E-state index contributed by atoms with van der Waals surface area (Å²) in [7, 11) is 0. The molecule has 1 N–H and O–H groups in total. The third kappa shape index (κ3) is 3.08. The Kier molecular flexibility index (Phi) is 5.22. The van der Waals surface area contributed by atoms with E-state index in [1.807, 2.05) is 6.07 Å². The highest BCUT2D eigenvalue weighted by atomic mass is 35.5. The molecule has 1 fully saturated rings. The highest BCUT2D eigenvalue weighted by molar-refractivity contribution is 6.42. The maximum atomic E-state index is 6.12. The average molecular weight is 316 g/mol. The fourth-order valence-corrected chi connectivity index (χ4v) is 3.11. The first-order valence-corrected chi connectivity index (χ1v) is 8.12. The first-order valence-electron chi connectivity index (χ1n) is 7.36. The largest absolute Gasteiger partial charge is 0.490 e. The van der Waals surface area contributed by atoms with Crippen LogP contribution in [0.5, 0.6) is 5.75 Å². The molecule has 2 nitrogen and oxygen atoms in total. The lowest BCUT2D eigenvalue weighted by molar-refractivity contribution is -0.0701. The average Bonchev–Trinajstić information content (AvgIpc) is 2.44. The third-order valence-corrected chi connectivity index (χ3v) is 5.29. The number of nitrogens with one attached hydrogen (secondary N) is 1. The van der Waals surface area contributed by atoms with E-state index in [9.17, 15) is 0 Å². The number of rotatable bonds is 6. The molecule has 0 radical (unpaired) electrons. The summed E-state index contributed by atoms with van der Waals surface area (Å²) in [5, 5.41) is 4.73. The molecule has 0 spiro atoms. The van der Waals surface area contributed by atoms with Crippen LogP contribution in [0, 0.1) is 5.41 Å². The topological polar surface area (TPSA) is 21.3 Å². The monoisotopic (exact) mass is 315 g/mol. The summed E-state index contributed by atoms with van der Waals surface area (Å²) in [5.41, 5.74) is 0.182. The Morgan fingerprint density at radius 1 is 1.30 bits per heavy atom. The van der Waals surface area contributed by atoms with Gasteiger partial charge in [-0.1, -0.05) is 44.0 Å². The van der Waals surface area contributed by atoms with Crippen molar-refractivity contribution in [3.63, 3.8) is 0 Å². The van der Waals surface area contributed by atoms with Crippen LogP contribution in [0.4, 0.5) is 0 Å². The zero-order chi connectivity index (χ0) is 14.8. The Hall–Kier alpha value is -0.440. The second-order valence-electron chi connectivity index (χ2n) is 5.78.